The van der Waals surface area contributed by atoms with Gasteiger partial charge >= 0.3 is 5.97 Å². The molecule has 0 radical (unpaired) electrons. The van der Waals surface area contributed by atoms with Crippen molar-refractivity contribution >= 4 is 5.97 Å². The van der Waals surface area contributed by atoms with Crippen LogP contribution in [-0.2, 0) is 11.3 Å². The highest BCUT2D eigenvalue weighted by Gasteiger charge is 2.21. The molecule has 24 heavy (non-hydrogen) atoms. The molecule has 0 aromatic heterocycles. The lowest BCUT2D eigenvalue weighted by atomic mass is 10.1. The van der Waals surface area contributed by atoms with Crippen molar-refractivity contribution in [3.63, 3.8) is 0 Å². The molecular formula is C18H18O6. The van der Waals surface area contributed by atoms with E-state index >= 15 is 0 Å². The maximum atomic E-state index is 12.4. The first-order chi connectivity index (χ1) is 11.7. The lowest BCUT2D eigenvalue weighted by Crippen LogP contribution is -2.17. The van der Waals surface area contributed by atoms with Gasteiger partial charge in [0, 0.05) is 5.56 Å². The van der Waals surface area contributed by atoms with Gasteiger partial charge in [0.1, 0.15) is 25.6 Å². The van der Waals surface area contributed by atoms with Crippen molar-refractivity contribution in [1.82, 2.24) is 0 Å². The van der Waals surface area contributed by atoms with E-state index in [1.165, 1.54) is 7.11 Å². The minimum Gasteiger partial charge on any atom is -0.496 e. The summed E-state index contributed by atoms with van der Waals surface area (Å²) >= 11 is 0. The first-order valence-electron chi connectivity index (χ1n) is 7.49. The van der Waals surface area contributed by atoms with E-state index in [1.54, 1.807) is 19.2 Å². The minimum atomic E-state index is -0.476. The van der Waals surface area contributed by atoms with Gasteiger partial charge in [0.2, 0.25) is 5.75 Å². The molecule has 6 nitrogen and oxygen atoms in total. The molecule has 0 fully saturated rings. The smallest absolute Gasteiger partial charge is 0.338 e. The van der Waals surface area contributed by atoms with Gasteiger partial charge in [-0.05, 0) is 18.2 Å². The van der Waals surface area contributed by atoms with E-state index in [4.69, 9.17) is 23.7 Å². The Morgan fingerprint density at radius 1 is 1.04 bits per heavy atom. The lowest BCUT2D eigenvalue weighted by Gasteiger charge is -2.21. The summed E-state index contributed by atoms with van der Waals surface area (Å²) < 4.78 is 26.9. The molecule has 0 saturated carbocycles. The summed E-state index contributed by atoms with van der Waals surface area (Å²) in [4.78, 5) is 12.4. The number of methoxy groups -OCH3 is 2. The van der Waals surface area contributed by atoms with Crippen LogP contribution in [0.1, 0.15) is 15.9 Å². The summed E-state index contributed by atoms with van der Waals surface area (Å²) in [5.41, 5.74) is 1.13. The Morgan fingerprint density at radius 2 is 1.79 bits per heavy atom. The van der Waals surface area contributed by atoms with Crippen LogP contribution in [0, 0.1) is 0 Å². The second-order valence-corrected chi connectivity index (χ2v) is 5.09. The zero-order valence-corrected chi connectivity index (χ0v) is 13.5. The van der Waals surface area contributed by atoms with Crippen LogP contribution in [-0.4, -0.2) is 33.4 Å². The summed E-state index contributed by atoms with van der Waals surface area (Å²) in [5, 5.41) is 0. The standard InChI is InChI=1S/C18H18O6/c1-20-14-6-4-3-5-12(14)11-24-18(19)13-9-15(21-2)17-16(10-13)22-7-8-23-17/h3-6,9-10H,7-8,11H2,1-2H3. The lowest BCUT2D eigenvalue weighted by molar-refractivity contribution is 0.0468. The Balaban J connectivity index is 1.77. The van der Waals surface area contributed by atoms with Crippen molar-refractivity contribution in [1.29, 1.82) is 0 Å². The quantitative estimate of drug-likeness (QED) is 0.786. The van der Waals surface area contributed by atoms with E-state index in [0.29, 0.717) is 41.8 Å². The molecule has 0 N–H and O–H groups in total. The van der Waals surface area contributed by atoms with Crippen molar-refractivity contribution in [2.45, 2.75) is 6.61 Å². The van der Waals surface area contributed by atoms with Crippen molar-refractivity contribution < 1.29 is 28.5 Å². The van der Waals surface area contributed by atoms with E-state index in [9.17, 15) is 4.79 Å². The topological polar surface area (TPSA) is 63.2 Å². The van der Waals surface area contributed by atoms with Crippen LogP contribution >= 0.6 is 0 Å². The van der Waals surface area contributed by atoms with Gasteiger partial charge in [-0.25, -0.2) is 4.79 Å². The van der Waals surface area contributed by atoms with Crippen LogP contribution in [0.3, 0.4) is 0 Å². The fourth-order valence-corrected chi connectivity index (χ4v) is 2.44. The fourth-order valence-electron chi connectivity index (χ4n) is 2.44. The summed E-state index contributed by atoms with van der Waals surface area (Å²) in [6, 6.07) is 10.6. The van der Waals surface area contributed by atoms with Gasteiger partial charge in [0.15, 0.2) is 11.5 Å². The van der Waals surface area contributed by atoms with E-state index in [-0.39, 0.29) is 6.61 Å². The van der Waals surface area contributed by atoms with Gasteiger partial charge in [0.25, 0.3) is 0 Å². The third kappa shape index (κ3) is 3.22. The largest absolute Gasteiger partial charge is 0.496 e. The van der Waals surface area contributed by atoms with Crippen LogP contribution in [0.25, 0.3) is 0 Å². The Bertz CT molecular complexity index is 723. The van der Waals surface area contributed by atoms with Crippen LogP contribution < -0.4 is 18.9 Å². The predicted octanol–water partition coefficient (Wildman–Crippen LogP) is 2.83. The van der Waals surface area contributed by atoms with Gasteiger partial charge in [-0.1, -0.05) is 18.2 Å². The van der Waals surface area contributed by atoms with E-state index in [1.807, 2.05) is 24.3 Å². The molecule has 0 bridgehead atoms. The summed E-state index contributed by atoms with van der Waals surface area (Å²) in [5.74, 6) is 1.62. The number of para-hydroxylation sites is 1. The van der Waals surface area contributed by atoms with Crippen molar-refractivity contribution in [2.24, 2.45) is 0 Å². The average molecular weight is 330 g/mol. The maximum Gasteiger partial charge on any atom is 0.338 e. The first kappa shape index (κ1) is 16.0. The Morgan fingerprint density at radius 3 is 2.58 bits per heavy atom. The van der Waals surface area contributed by atoms with Crippen molar-refractivity contribution in [2.75, 3.05) is 27.4 Å². The molecule has 3 rings (SSSR count). The second kappa shape index (κ2) is 7.12. The number of esters is 1. The molecular weight excluding hydrogens is 312 g/mol. The third-order valence-corrected chi connectivity index (χ3v) is 3.61. The number of benzene rings is 2. The molecule has 2 aromatic rings. The van der Waals surface area contributed by atoms with Crippen LogP contribution in [0.4, 0.5) is 0 Å². The van der Waals surface area contributed by atoms with Gasteiger partial charge in [-0.2, -0.15) is 0 Å². The molecule has 1 heterocycles. The normalized spacial score (nSPS) is 12.4. The molecule has 0 amide bonds. The number of carbonyl (C=O) groups is 1. The number of hydrogen-bond donors (Lipinski definition) is 0. The molecule has 0 spiro atoms. The first-order valence-corrected chi connectivity index (χ1v) is 7.49. The Hall–Kier alpha value is -2.89. The predicted molar refractivity (Wildman–Crippen MR) is 86.1 cm³/mol. The SMILES string of the molecule is COc1ccccc1COC(=O)c1cc(OC)c2c(c1)OCCO2. The monoisotopic (exact) mass is 330 g/mol. The molecule has 0 atom stereocenters. The molecule has 0 unspecified atom stereocenters. The molecule has 2 aromatic carbocycles. The molecule has 0 aliphatic carbocycles. The van der Waals surface area contributed by atoms with Crippen LogP contribution in [0.2, 0.25) is 0 Å². The third-order valence-electron chi connectivity index (χ3n) is 3.61. The van der Waals surface area contributed by atoms with Gasteiger partial charge in [-0.3, -0.25) is 0 Å². The molecule has 6 heteroatoms. The number of rotatable bonds is 5. The number of ether oxygens (including phenoxy) is 5. The highest BCUT2D eigenvalue weighted by Crippen LogP contribution is 2.40. The second-order valence-electron chi connectivity index (χ2n) is 5.09. The average Bonchev–Trinajstić information content (AvgIpc) is 2.65. The van der Waals surface area contributed by atoms with Gasteiger partial charge < -0.3 is 23.7 Å². The summed E-state index contributed by atoms with van der Waals surface area (Å²) in [6.45, 7) is 0.983. The molecule has 1 aliphatic heterocycles. The number of fused-ring (bicyclic) bond motifs is 1. The van der Waals surface area contributed by atoms with E-state index in [0.717, 1.165) is 5.56 Å². The number of carbonyl (C=O) groups excluding carboxylic acids is 1. The Kier molecular flexibility index (Phi) is 4.74. The highest BCUT2D eigenvalue weighted by atomic mass is 16.6. The minimum absolute atomic E-state index is 0.111. The van der Waals surface area contributed by atoms with Crippen molar-refractivity contribution in [3.8, 4) is 23.0 Å². The van der Waals surface area contributed by atoms with Crippen LogP contribution in [0.15, 0.2) is 36.4 Å². The summed E-state index contributed by atoms with van der Waals surface area (Å²) in [6.07, 6.45) is 0. The van der Waals surface area contributed by atoms with Crippen LogP contribution in [0.5, 0.6) is 23.0 Å². The van der Waals surface area contributed by atoms with E-state index in [2.05, 4.69) is 0 Å². The zero-order chi connectivity index (χ0) is 16.9. The molecule has 126 valence electrons. The van der Waals surface area contributed by atoms with Gasteiger partial charge in [0.05, 0.1) is 19.8 Å². The summed E-state index contributed by atoms with van der Waals surface area (Å²) in [7, 11) is 3.09. The molecule has 0 saturated heterocycles. The Labute approximate surface area is 139 Å². The van der Waals surface area contributed by atoms with Crippen molar-refractivity contribution in [3.05, 3.63) is 47.5 Å². The maximum absolute atomic E-state index is 12.4. The zero-order valence-electron chi connectivity index (χ0n) is 13.5. The molecule has 1 aliphatic rings. The van der Waals surface area contributed by atoms with E-state index < -0.39 is 5.97 Å². The number of hydrogen-bond acceptors (Lipinski definition) is 6. The fraction of sp³-hybridized carbons (Fsp3) is 0.278. The van der Waals surface area contributed by atoms with Gasteiger partial charge in [-0.15, -0.1) is 0 Å². The highest BCUT2D eigenvalue weighted by molar-refractivity contribution is 5.91.